The lowest BCUT2D eigenvalue weighted by atomic mass is 10.3. The zero-order valence-electron chi connectivity index (χ0n) is 12.6. The lowest BCUT2D eigenvalue weighted by molar-refractivity contribution is 0.0830. The van der Waals surface area contributed by atoms with E-state index in [0.717, 1.165) is 30.0 Å². The lowest BCUT2D eigenvalue weighted by Crippen LogP contribution is -2.16. The van der Waals surface area contributed by atoms with Crippen LogP contribution in [0.5, 0.6) is 0 Å². The van der Waals surface area contributed by atoms with Crippen molar-refractivity contribution < 1.29 is 17.5 Å². The van der Waals surface area contributed by atoms with Crippen molar-refractivity contribution in [2.75, 3.05) is 11.3 Å². The van der Waals surface area contributed by atoms with E-state index in [9.17, 15) is 12.8 Å². The third-order valence-electron chi connectivity index (χ3n) is 3.89. The molecular formula is C16H14FN3O3S. The Morgan fingerprint density at radius 3 is 2.75 bits per heavy atom. The number of nitrogens with zero attached hydrogens (tertiary/aromatic N) is 2. The number of anilines is 1. The van der Waals surface area contributed by atoms with Gasteiger partial charge in [0.25, 0.3) is 10.0 Å². The quantitative estimate of drug-likeness (QED) is 0.790. The average molecular weight is 347 g/mol. The zero-order chi connectivity index (χ0) is 16.7. The molecule has 0 fully saturated rings. The second-order valence-corrected chi connectivity index (χ2v) is 7.18. The van der Waals surface area contributed by atoms with Gasteiger partial charge in [-0.2, -0.15) is 0 Å². The van der Waals surface area contributed by atoms with Crippen LogP contribution in [0.2, 0.25) is 0 Å². The van der Waals surface area contributed by atoms with E-state index in [2.05, 4.69) is 14.3 Å². The van der Waals surface area contributed by atoms with Gasteiger partial charge < -0.3 is 9.30 Å². The molecule has 1 aliphatic heterocycles. The van der Waals surface area contributed by atoms with Gasteiger partial charge in [0.2, 0.25) is 0 Å². The number of aromatic nitrogens is 2. The second-order valence-electron chi connectivity index (χ2n) is 5.50. The van der Waals surface area contributed by atoms with Gasteiger partial charge >= 0.3 is 0 Å². The molecule has 0 radical (unpaired) electrons. The molecule has 1 N–H and O–H groups in total. The minimum atomic E-state index is -3.78. The SMILES string of the molecule is O=S(=O)(Nc1ccc2c(c1)nc1n2CCOC1)c1ccc(F)cc1. The molecule has 0 atom stereocenters. The first kappa shape index (κ1) is 15.1. The van der Waals surface area contributed by atoms with Gasteiger partial charge in [-0.25, -0.2) is 17.8 Å². The fourth-order valence-electron chi connectivity index (χ4n) is 2.75. The lowest BCUT2D eigenvalue weighted by Gasteiger charge is -2.14. The molecule has 24 heavy (non-hydrogen) atoms. The number of sulfonamides is 1. The predicted molar refractivity (Wildman–Crippen MR) is 86.6 cm³/mol. The molecule has 4 rings (SSSR count). The highest BCUT2D eigenvalue weighted by Gasteiger charge is 2.17. The molecule has 0 spiro atoms. The minimum absolute atomic E-state index is 0.00142. The fraction of sp³-hybridized carbons (Fsp3) is 0.188. The Labute approximate surface area is 137 Å². The average Bonchev–Trinajstić information content (AvgIpc) is 2.92. The summed E-state index contributed by atoms with van der Waals surface area (Å²) in [6, 6.07) is 9.88. The fourth-order valence-corrected chi connectivity index (χ4v) is 3.80. The van der Waals surface area contributed by atoms with Crippen LogP contribution in [0.1, 0.15) is 5.82 Å². The number of ether oxygens (including phenoxy) is 1. The molecule has 2 heterocycles. The number of hydrogen-bond acceptors (Lipinski definition) is 4. The summed E-state index contributed by atoms with van der Waals surface area (Å²) in [7, 11) is -3.78. The molecule has 0 saturated heterocycles. The molecule has 0 amide bonds. The number of benzene rings is 2. The number of rotatable bonds is 3. The van der Waals surface area contributed by atoms with Gasteiger partial charge in [0.05, 0.1) is 28.2 Å². The van der Waals surface area contributed by atoms with E-state index in [1.54, 1.807) is 12.1 Å². The number of imidazole rings is 1. The van der Waals surface area contributed by atoms with E-state index in [0.29, 0.717) is 24.4 Å². The van der Waals surface area contributed by atoms with Gasteiger partial charge in [-0.15, -0.1) is 0 Å². The van der Waals surface area contributed by atoms with Gasteiger partial charge in [-0.05, 0) is 42.5 Å². The van der Waals surface area contributed by atoms with Gasteiger partial charge in [-0.3, -0.25) is 4.72 Å². The summed E-state index contributed by atoms with van der Waals surface area (Å²) in [5.41, 5.74) is 2.05. The molecule has 1 aromatic heterocycles. The van der Waals surface area contributed by atoms with Crippen LogP contribution in [0.15, 0.2) is 47.4 Å². The maximum absolute atomic E-state index is 13.0. The Morgan fingerprint density at radius 2 is 1.96 bits per heavy atom. The second kappa shape index (κ2) is 5.57. The van der Waals surface area contributed by atoms with Crippen LogP contribution in [-0.4, -0.2) is 24.6 Å². The van der Waals surface area contributed by atoms with Crippen LogP contribution in [0.3, 0.4) is 0 Å². The van der Waals surface area contributed by atoms with Crippen molar-refractivity contribution in [2.45, 2.75) is 18.0 Å². The number of hydrogen-bond donors (Lipinski definition) is 1. The zero-order valence-corrected chi connectivity index (χ0v) is 13.4. The molecule has 1 aliphatic rings. The van der Waals surface area contributed by atoms with Gasteiger partial charge in [0, 0.05) is 6.54 Å². The summed E-state index contributed by atoms with van der Waals surface area (Å²) in [4.78, 5) is 4.48. The van der Waals surface area contributed by atoms with Gasteiger partial charge in [0.15, 0.2) is 0 Å². The van der Waals surface area contributed by atoms with E-state index >= 15 is 0 Å². The van der Waals surface area contributed by atoms with Crippen molar-refractivity contribution in [3.05, 3.63) is 54.1 Å². The van der Waals surface area contributed by atoms with E-state index in [1.807, 2.05) is 6.07 Å². The van der Waals surface area contributed by atoms with Crippen molar-refractivity contribution >= 4 is 26.7 Å². The van der Waals surface area contributed by atoms with Crippen molar-refractivity contribution in [1.82, 2.24) is 9.55 Å². The van der Waals surface area contributed by atoms with Crippen molar-refractivity contribution in [3.8, 4) is 0 Å². The smallest absolute Gasteiger partial charge is 0.261 e. The normalized spacial score (nSPS) is 14.5. The van der Waals surface area contributed by atoms with E-state index < -0.39 is 15.8 Å². The molecule has 0 aliphatic carbocycles. The van der Waals surface area contributed by atoms with Crippen LogP contribution in [0, 0.1) is 5.82 Å². The largest absolute Gasteiger partial charge is 0.372 e. The summed E-state index contributed by atoms with van der Waals surface area (Å²) in [5.74, 6) is 0.343. The Bertz CT molecular complexity index is 1010. The van der Waals surface area contributed by atoms with E-state index in [4.69, 9.17) is 4.74 Å². The Morgan fingerprint density at radius 1 is 1.17 bits per heavy atom. The molecule has 3 aromatic rings. The monoisotopic (exact) mass is 347 g/mol. The summed E-state index contributed by atoms with van der Waals surface area (Å²) < 4.78 is 47.6. The van der Waals surface area contributed by atoms with Gasteiger partial charge in [-0.1, -0.05) is 0 Å². The highest BCUT2D eigenvalue weighted by molar-refractivity contribution is 7.92. The molecule has 2 aromatic carbocycles. The Balaban J connectivity index is 1.68. The summed E-state index contributed by atoms with van der Waals surface area (Å²) in [6.45, 7) is 1.81. The maximum Gasteiger partial charge on any atom is 0.261 e. The van der Waals surface area contributed by atoms with Crippen LogP contribution >= 0.6 is 0 Å². The minimum Gasteiger partial charge on any atom is -0.372 e. The highest BCUT2D eigenvalue weighted by Crippen LogP contribution is 2.24. The van der Waals surface area contributed by atoms with Gasteiger partial charge in [0.1, 0.15) is 18.2 Å². The Hall–Kier alpha value is -2.45. The number of fused-ring (bicyclic) bond motifs is 3. The third-order valence-corrected chi connectivity index (χ3v) is 5.29. The molecule has 6 nitrogen and oxygen atoms in total. The first-order valence-corrected chi connectivity index (χ1v) is 8.86. The van der Waals surface area contributed by atoms with E-state index in [1.165, 1.54) is 12.1 Å². The van der Waals surface area contributed by atoms with Crippen molar-refractivity contribution in [3.63, 3.8) is 0 Å². The molecular weight excluding hydrogens is 333 g/mol. The van der Waals surface area contributed by atoms with E-state index in [-0.39, 0.29) is 4.90 Å². The summed E-state index contributed by atoms with van der Waals surface area (Å²) >= 11 is 0. The summed E-state index contributed by atoms with van der Waals surface area (Å²) in [5, 5.41) is 0. The maximum atomic E-state index is 13.0. The summed E-state index contributed by atoms with van der Waals surface area (Å²) in [6.07, 6.45) is 0. The standard InChI is InChI=1S/C16H14FN3O3S/c17-11-1-4-13(5-2-11)24(21,22)19-12-3-6-15-14(9-12)18-16-10-23-8-7-20(15)16/h1-6,9,19H,7-8,10H2. The highest BCUT2D eigenvalue weighted by atomic mass is 32.2. The molecule has 124 valence electrons. The van der Waals surface area contributed by atoms with Crippen LogP contribution in [-0.2, 0) is 27.9 Å². The first-order chi connectivity index (χ1) is 11.5. The predicted octanol–water partition coefficient (Wildman–Crippen LogP) is 2.51. The van der Waals surface area contributed by atoms with Crippen LogP contribution in [0.25, 0.3) is 11.0 Å². The molecule has 0 saturated carbocycles. The van der Waals surface area contributed by atoms with Crippen LogP contribution in [0.4, 0.5) is 10.1 Å². The number of halogens is 1. The molecule has 0 bridgehead atoms. The first-order valence-electron chi connectivity index (χ1n) is 7.38. The Kier molecular flexibility index (Phi) is 3.50. The number of nitrogens with one attached hydrogen (secondary N) is 1. The molecule has 0 unspecified atom stereocenters. The van der Waals surface area contributed by atoms with Crippen molar-refractivity contribution in [1.29, 1.82) is 0 Å². The topological polar surface area (TPSA) is 73.2 Å². The third kappa shape index (κ3) is 2.63. The van der Waals surface area contributed by atoms with Crippen LogP contribution < -0.4 is 4.72 Å². The molecule has 8 heteroatoms. The van der Waals surface area contributed by atoms with Crippen molar-refractivity contribution in [2.24, 2.45) is 0 Å².